The van der Waals surface area contributed by atoms with Crippen LogP contribution in [0.25, 0.3) is 0 Å². The van der Waals surface area contributed by atoms with Gasteiger partial charge in [-0.05, 0) is 19.3 Å². The minimum Gasteiger partial charge on any atom is -0.368 e. The van der Waals surface area contributed by atoms with E-state index in [4.69, 9.17) is 5.73 Å². The lowest BCUT2D eigenvalue weighted by atomic mass is 9.86. The number of hydrogen-bond donors (Lipinski definition) is 1. The number of nitrogens with two attached hydrogens (primary N) is 1. The van der Waals surface area contributed by atoms with Gasteiger partial charge in [0.2, 0.25) is 15.9 Å². The summed E-state index contributed by atoms with van der Waals surface area (Å²) in [5.41, 5.74) is 5.07. The number of primary amides is 1. The van der Waals surface area contributed by atoms with Gasteiger partial charge in [0, 0.05) is 19.6 Å². The molecule has 0 saturated carbocycles. The van der Waals surface area contributed by atoms with Gasteiger partial charge in [0.1, 0.15) is 0 Å². The maximum Gasteiger partial charge on any atom is 0.234 e. The molecule has 2 aliphatic heterocycles. The molecule has 2 saturated heterocycles. The summed E-state index contributed by atoms with van der Waals surface area (Å²) in [5.74, 6) is -0.323. The predicted octanol–water partition coefficient (Wildman–Crippen LogP) is -0.640. The van der Waals surface area contributed by atoms with Crippen molar-refractivity contribution in [3.05, 3.63) is 0 Å². The molecule has 1 spiro atoms. The third kappa shape index (κ3) is 2.15. The summed E-state index contributed by atoms with van der Waals surface area (Å²) in [6, 6.07) is -0.266. The van der Waals surface area contributed by atoms with E-state index in [0.717, 1.165) is 12.8 Å². The number of nitrogens with zero attached hydrogens (tertiary/aromatic N) is 2. The summed E-state index contributed by atoms with van der Waals surface area (Å²) in [6.45, 7) is 3.77. The second-order valence-corrected chi connectivity index (χ2v) is 7.30. The van der Waals surface area contributed by atoms with Gasteiger partial charge in [-0.15, -0.1) is 0 Å². The Morgan fingerprint density at radius 3 is 2.50 bits per heavy atom. The number of carbonyl (C=O) groups excluding carboxylic acids is 1. The fourth-order valence-electron chi connectivity index (χ4n) is 3.32. The topological polar surface area (TPSA) is 83.7 Å². The van der Waals surface area contributed by atoms with E-state index in [9.17, 15) is 13.2 Å². The first-order valence-electron chi connectivity index (χ1n) is 6.31. The minimum absolute atomic E-state index is 0.266. The molecule has 0 bridgehead atoms. The monoisotopic (exact) mass is 275 g/mol. The Kier molecular flexibility index (Phi) is 3.42. The summed E-state index contributed by atoms with van der Waals surface area (Å²) in [5, 5.41) is 0. The molecule has 0 unspecified atom stereocenters. The second kappa shape index (κ2) is 4.47. The summed E-state index contributed by atoms with van der Waals surface area (Å²) in [4.78, 5) is 13.3. The van der Waals surface area contributed by atoms with Crippen molar-refractivity contribution in [1.82, 2.24) is 9.21 Å². The zero-order valence-corrected chi connectivity index (χ0v) is 11.7. The zero-order chi connectivity index (χ0) is 13.6. The van der Waals surface area contributed by atoms with Crippen LogP contribution in [0.4, 0.5) is 0 Å². The predicted molar refractivity (Wildman–Crippen MR) is 68.4 cm³/mol. The molecule has 18 heavy (non-hydrogen) atoms. The molecular weight excluding hydrogens is 254 g/mol. The Morgan fingerprint density at radius 1 is 1.44 bits per heavy atom. The first-order valence-corrected chi connectivity index (χ1v) is 8.16. The van der Waals surface area contributed by atoms with Crippen LogP contribution >= 0.6 is 0 Å². The van der Waals surface area contributed by atoms with Crippen molar-refractivity contribution in [2.75, 3.05) is 25.9 Å². The molecule has 0 aromatic rings. The van der Waals surface area contributed by atoms with Gasteiger partial charge in [-0.25, -0.2) is 8.42 Å². The molecule has 0 radical (unpaired) electrons. The molecule has 7 heteroatoms. The Labute approximate surface area is 108 Å². The van der Waals surface area contributed by atoms with Gasteiger partial charge in [-0.1, -0.05) is 6.92 Å². The van der Waals surface area contributed by atoms with Crippen LogP contribution in [0.1, 0.15) is 26.2 Å². The summed E-state index contributed by atoms with van der Waals surface area (Å²) >= 11 is 0. The highest BCUT2D eigenvalue weighted by molar-refractivity contribution is 7.88. The van der Waals surface area contributed by atoms with E-state index in [2.05, 4.69) is 0 Å². The largest absolute Gasteiger partial charge is 0.368 e. The van der Waals surface area contributed by atoms with E-state index < -0.39 is 10.0 Å². The van der Waals surface area contributed by atoms with Gasteiger partial charge in [-0.2, -0.15) is 4.31 Å². The maximum atomic E-state index is 11.7. The van der Waals surface area contributed by atoms with Crippen molar-refractivity contribution in [3.8, 4) is 0 Å². The molecule has 0 aromatic carbocycles. The van der Waals surface area contributed by atoms with E-state index in [1.54, 1.807) is 4.31 Å². The van der Waals surface area contributed by atoms with Crippen LogP contribution in [0, 0.1) is 0 Å². The lowest BCUT2D eigenvalue weighted by Gasteiger charge is -2.53. The molecule has 0 aromatic heterocycles. The Balaban J connectivity index is 2.08. The summed E-state index contributed by atoms with van der Waals surface area (Å²) in [7, 11) is -3.16. The Hall–Kier alpha value is -0.660. The van der Waals surface area contributed by atoms with E-state index in [1.165, 1.54) is 6.26 Å². The molecule has 1 atom stereocenters. The standard InChI is InChI=1S/C11H21N3O3S/c1-3-9(10(12)15)13-7-11(8-13)5-4-6-14(11)18(2,16)17/h9H,3-8H2,1-2H3,(H2,12,15)/t9-/m0/s1. The highest BCUT2D eigenvalue weighted by Crippen LogP contribution is 2.40. The zero-order valence-electron chi connectivity index (χ0n) is 10.9. The van der Waals surface area contributed by atoms with Gasteiger partial charge in [0.05, 0.1) is 17.8 Å². The van der Waals surface area contributed by atoms with Crippen LogP contribution in [-0.2, 0) is 14.8 Å². The fourth-order valence-corrected chi connectivity index (χ4v) is 4.69. The molecule has 0 aliphatic carbocycles. The number of carbonyl (C=O) groups is 1. The quantitative estimate of drug-likeness (QED) is 0.740. The SMILES string of the molecule is CC[C@@H](C(N)=O)N1CC2(CCCN2S(C)(=O)=O)C1. The Morgan fingerprint density at radius 2 is 2.06 bits per heavy atom. The van der Waals surface area contributed by atoms with E-state index >= 15 is 0 Å². The molecular formula is C11H21N3O3S. The Bertz CT molecular complexity index is 442. The maximum absolute atomic E-state index is 11.7. The number of sulfonamides is 1. The van der Waals surface area contributed by atoms with E-state index in [0.29, 0.717) is 26.1 Å². The van der Waals surface area contributed by atoms with Gasteiger partial charge >= 0.3 is 0 Å². The molecule has 2 rings (SSSR count). The number of hydrogen-bond acceptors (Lipinski definition) is 4. The van der Waals surface area contributed by atoms with Gasteiger partial charge in [-0.3, -0.25) is 9.69 Å². The molecule has 6 nitrogen and oxygen atoms in total. The van der Waals surface area contributed by atoms with Crippen LogP contribution in [0.15, 0.2) is 0 Å². The normalized spacial score (nSPS) is 26.1. The summed E-state index contributed by atoms with van der Waals surface area (Å²) in [6.07, 6.45) is 3.71. The van der Waals surface area contributed by atoms with Gasteiger partial charge < -0.3 is 5.73 Å². The number of likely N-dealkylation sites (tertiary alicyclic amines) is 1. The van der Waals surface area contributed by atoms with Crippen LogP contribution in [0.5, 0.6) is 0 Å². The molecule has 104 valence electrons. The van der Waals surface area contributed by atoms with Crippen molar-refractivity contribution < 1.29 is 13.2 Å². The van der Waals surface area contributed by atoms with Crippen molar-refractivity contribution in [3.63, 3.8) is 0 Å². The van der Waals surface area contributed by atoms with Gasteiger partial charge in [0.25, 0.3) is 0 Å². The molecule has 2 fully saturated rings. The highest BCUT2D eigenvalue weighted by atomic mass is 32.2. The third-order valence-corrected chi connectivity index (χ3v) is 5.45. The average Bonchev–Trinajstić information content (AvgIpc) is 2.60. The second-order valence-electron chi connectivity index (χ2n) is 5.39. The molecule has 2 heterocycles. The fraction of sp³-hybridized carbons (Fsp3) is 0.909. The van der Waals surface area contributed by atoms with Gasteiger partial charge in [0.15, 0.2) is 0 Å². The molecule has 1 amide bonds. The highest BCUT2D eigenvalue weighted by Gasteiger charge is 2.55. The molecule has 2 N–H and O–H groups in total. The smallest absolute Gasteiger partial charge is 0.234 e. The number of amides is 1. The van der Waals surface area contributed by atoms with Crippen molar-refractivity contribution in [2.24, 2.45) is 5.73 Å². The molecule has 2 aliphatic rings. The number of rotatable bonds is 4. The average molecular weight is 275 g/mol. The first kappa shape index (κ1) is 13.8. The summed E-state index contributed by atoms with van der Waals surface area (Å²) < 4.78 is 25.1. The third-order valence-electron chi connectivity index (χ3n) is 4.08. The van der Waals surface area contributed by atoms with Crippen LogP contribution in [0.3, 0.4) is 0 Å². The van der Waals surface area contributed by atoms with Crippen LogP contribution < -0.4 is 5.73 Å². The van der Waals surface area contributed by atoms with Crippen molar-refractivity contribution >= 4 is 15.9 Å². The minimum atomic E-state index is -3.16. The van der Waals surface area contributed by atoms with Crippen molar-refractivity contribution in [1.29, 1.82) is 0 Å². The lowest BCUT2D eigenvalue weighted by molar-refractivity contribution is -0.128. The van der Waals surface area contributed by atoms with E-state index in [1.807, 2.05) is 11.8 Å². The van der Waals surface area contributed by atoms with E-state index in [-0.39, 0.29) is 17.5 Å². The van der Waals surface area contributed by atoms with Crippen molar-refractivity contribution in [2.45, 2.75) is 37.8 Å². The van der Waals surface area contributed by atoms with Crippen LogP contribution in [0.2, 0.25) is 0 Å². The lowest BCUT2D eigenvalue weighted by Crippen LogP contribution is -2.71. The van der Waals surface area contributed by atoms with Crippen LogP contribution in [-0.4, -0.2) is 61.0 Å². The first-order chi connectivity index (χ1) is 8.30.